The minimum absolute atomic E-state index is 0.0620. The zero-order valence-electron chi connectivity index (χ0n) is 22.8. The predicted molar refractivity (Wildman–Crippen MR) is 145 cm³/mol. The first kappa shape index (κ1) is 28.9. The maximum atomic E-state index is 12.3. The summed E-state index contributed by atoms with van der Waals surface area (Å²) in [7, 11) is 1.58. The lowest BCUT2D eigenvalue weighted by Crippen LogP contribution is -2.41. The summed E-state index contributed by atoms with van der Waals surface area (Å²) in [6.45, 7) is 9.17. The Morgan fingerprint density at radius 2 is 1.87 bits per heavy atom. The lowest BCUT2D eigenvalue weighted by atomic mass is 10.1. The lowest BCUT2D eigenvalue weighted by molar-refractivity contribution is 0.0498. The van der Waals surface area contributed by atoms with Crippen molar-refractivity contribution in [3.63, 3.8) is 0 Å². The number of primary amides is 1. The number of amides is 2. The van der Waals surface area contributed by atoms with Crippen molar-refractivity contribution in [2.45, 2.75) is 65.0 Å². The van der Waals surface area contributed by atoms with E-state index in [1.54, 1.807) is 33.9 Å². The van der Waals surface area contributed by atoms with Gasteiger partial charge in [0.2, 0.25) is 0 Å². The summed E-state index contributed by atoms with van der Waals surface area (Å²) < 4.78 is 16.1. The Kier molecular flexibility index (Phi) is 10.1. The van der Waals surface area contributed by atoms with Crippen molar-refractivity contribution < 1.29 is 23.8 Å². The molecule has 0 bridgehead atoms. The van der Waals surface area contributed by atoms with Crippen LogP contribution in [0.15, 0.2) is 18.2 Å². The number of hydrogen-bond donors (Lipinski definition) is 5. The van der Waals surface area contributed by atoms with Crippen molar-refractivity contribution in [2.24, 2.45) is 5.73 Å². The molecule has 0 spiro atoms. The van der Waals surface area contributed by atoms with E-state index in [4.69, 9.17) is 24.9 Å². The largest absolute Gasteiger partial charge is 0.497 e. The standard InChI is InChI=1S/C26H39N7O5/c1-6-20-23(29-17-8-11-37-12-9-17)32-24(21(31-20)22(27)34)30-18-13-16(14-19(15-18)36-5)7-10-28-33-25(35)38-26(2,3)4/h13-15,17,28H,6-12H2,1-5H3,(H2,27,34)(H,33,35)(H2,29,30,32). The van der Waals surface area contributed by atoms with Gasteiger partial charge < -0.3 is 30.6 Å². The van der Waals surface area contributed by atoms with Crippen LogP contribution in [-0.2, 0) is 22.3 Å². The van der Waals surface area contributed by atoms with Crippen LogP contribution >= 0.6 is 0 Å². The third kappa shape index (κ3) is 8.73. The fourth-order valence-electron chi connectivity index (χ4n) is 3.90. The van der Waals surface area contributed by atoms with E-state index in [-0.39, 0.29) is 17.6 Å². The highest BCUT2D eigenvalue weighted by Gasteiger charge is 2.21. The number of hydrogen-bond acceptors (Lipinski definition) is 10. The normalized spacial score (nSPS) is 14.0. The first-order chi connectivity index (χ1) is 18.1. The van der Waals surface area contributed by atoms with Gasteiger partial charge in [-0.2, -0.15) is 0 Å². The molecule has 12 nitrogen and oxygen atoms in total. The second kappa shape index (κ2) is 13.2. The number of carbonyl (C=O) groups excluding carboxylic acids is 2. The molecular formula is C26H39N7O5. The zero-order chi connectivity index (χ0) is 27.7. The molecule has 1 fully saturated rings. The molecule has 0 unspecified atom stereocenters. The number of benzene rings is 1. The Morgan fingerprint density at radius 3 is 2.50 bits per heavy atom. The second-order valence-corrected chi connectivity index (χ2v) is 9.96. The molecule has 1 aliphatic rings. The topological polar surface area (TPSA) is 162 Å². The highest BCUT2D eigenvalue weighted by Crippen LogP contribution is 2.27. The van der Waals surface area contributed by atoms with Crippen LogP contribution in [0.25, 0.3) is 0 Å². The number of nitrogens with two attached hydrogens (primary N) is 1. The second-order valence-electron chi connectivity index (χ2n) is 9.96. The number of nitrogens with zero attached hydrogens (tertiary/aromatic N) is 2. The number of aromatic nitrogens is 2. The number of anilines is 3. The molecule has 2 amide bonds. The smallest absolute Gasteiger partial charge is 0.422 e. The molecule has 1 saturated heterocycles. The number of carbonyl (C=O) groups is 2. The number of ether oxygens (including phenoxy) is 3. The van der Waals surface area contributed by atoms with E-state index in [1.807, 2.05) is 19.1 Å². The molecular weight excluding hydrogens is 490 g/mol. The van der Waals surface area contributed by atoms with Gasteiger partial charge in [-0.15, -0.1) is 0 Å². The summed E-state index contributed by atoms with van der Waals surface area (Å²) in [6.07, 6.45) is 2.33. The van der Waals surface area contributed by atoms with Crippen LogP contribution in [0.1, 0.15) is 62.3 Å². The van der Waals surface area contributed by atoms with E-state index in [1.165, 1.54) is 0 Å². The SMILES string of the molecule is CCc1nc(C(N)=O)c(Nc2cc(CCNNC(=O)OC(C)(C)C)cc(OC)c2)nc1NC1CCOCC1. The van der Waals surface area contributed by atoms with Gasteiger partial charge in [-0.1, -0.05) is 6.92 Å². The molecule has 0 radical (unpaired) electrons. The van der Waals surface area contributed by atoms with Crippen molar-refractivity contribution in [3.05, 3.63) is 35.2 Å². The van der Waals surface area contributed by atoms with Gasteiger partial charge in [-0.25, -0.2) is 20.2 Å². The van der Waals surface area contributed by atoms with Crippen molar-refractivity contribution in [1.82, 2.24) is 20.8 Å². The van der Waals surface area contributed by atoms with Crippen molar-refractivity contribution >= 4 is 29.3 Å². The zero-order valence-corrected chi connectivity index (χ0v) is 22.8. The Morgan fingerprint density at radius 1 is 1.13 bits per heavy atom. The molecule has 208 valence electrons. The monoisotopic (exact) mass is 529 g/mol. The Bertz CT molecular complexity index is 1110. The molecule has 0 saturated carbocycles. The van der Waals surface area contributed by atoms with E-state index in [9.17, 15) is 9.59 Å². The molecule has 3 rings (SSSR count). The van der Waals surface area contributed by atoms with E-state index in [0.29, 0.717) is 55.5 Å². The van der Waals surface area contributed by atoms with Gasteiger partial charge in [0.25, 0.3) is 5.91 Å². The summed E-state index contributed by atoms with van der Waals surface area (Å²) in [5, 5.41) is 6.66. The highest BCUT2D eigenvalue weighted by atomic mass is 16.6. The van der Waals surface area contributed by atoms with Gasteiger partial charge in [0.15, 0.2) is 17.3 Å². The van der Waals surface area contributed by atoms with Gasteiger partial charge in [0.05, 0.1) is 12.8 Å². The van der Waals surface area contributed by atoms with Gasteiger partial charge in [-0.3, -0.25) is 10.2 Å². The lowest BCUT2D eigenvalue weighted by Gasteiger charge is -2.25. The molecule has 0 aliphatic carbocycles. The van der Waals surface area contributed by atoms with Crippen molar-refractivity contribution in [1.29, 1.82) is 0 Å². The molecule has 2 aromatic rings. The maximum absolute atomic E-state index is 12.3. The third-order valence-electron chi connectivity index (χ3n) is 5.69. The quantitative estimate of drug-likeness (QED) is 0.216. The molecule has 1 aliphatic heterocycles. The maximum Gasteiger partial charge on any atom is 0.422 e. The number of rotatable bonds is 11. The minimum Gasteiger partial charge on any atom is -0.497 e. The molecule has 38 heavy (non-hydrogen) atoms. The summed E-state index contributed by atoms with van der Waals surface area (Å²) in [4.78, 5) is 33.3. The fraction of sp³-hybridized carbons (Fsp3) is 0.538. The number of hydrazine groups is 1. The van der Waals surface area contributed by atoms with Crippen LogP contribution in [0, 0.1) is 0 Å². The third-order valence-corrected chi connectivity index (χ3v) is 5.69. The summed E-state index contributed by atoms with van der Waals surface area (Å²) in [5.74, 6) is 0.817. The van der Waals surface area contributed by atoms with Gasteiger partial charge in [0, 0.05) is 37.6 Å². The minimum atomic E-state index is -0.673. The summed E-state index contributed by atoms with van der Waals surface area (Å²) in [6, 6.07) is 5.80. The van der Waals surface area contributed by atoms with Crippen LogP contribution in [0.2, 0.25) is 0 Å². The predicted octanol–water partition coefficient (Wildman–Crippen LogP) is 3.05. The average molecular weight is 530 g/mol. The van der Waals surface area contributed by atoms with Gasteiger partial charge in [-0.05, 0) is 64.2 Å². The van der Waals surface area contributed by atoms with E-state index >= 15 is 0 Å². The first-order valence-electron chi connectivity index (χ1n) is 12.8. The Labute approximate surface area is 223 Å². The highest BCUT2D eigenvalue weighted by molar-refractivity contribution is 5.96. The first-order valence-corrected chi connectivity index (χ1v) is 12.8. The van der Waals surface area contributed by atoms with Crippen LogP contribution < -0.4 is 32.0 Å². The van der Waals surface area contributed by atoms with Gasteiger partial charge in [0.1, 0.15) is 11.4 Å². The van der Waals surface area contributed by atoms with E-state index < -0.39 is 17.6 Å². The number of nitrogens with one attached hydrogen (secondary N) is 4. The van der Waals surface area contributed by atoms with E-state index in [2.05, 4.69) is 26.5 Å². The Hall–Kier alpha value is -3.64. The number of aryl methyl sites for hydroxylation is 1. The molecule has 1 aromatic carbocycles. The van der Waals surface area contributed by atoms with Crippen LogP contribution in [0.4, 0.5) is 22.1 Å². The average Bonchev–Trinajstić information content (AvgIpc) is 2.86. The molecule has 12 heteroatoms. The molecule has 2 heterocycles. The summed E-state index contributed by atoms with van der Waals surface area (Å²) in [5.41, 5.74) is 12.8. The molecule has 0 atom stereocenters. The van der Waals surface area contributed by atoms with E-state index in [0.717, 1.165) is 18.4 Å². The Balaban J connectivity index is 1.77. The van der Waals surface area contributed by atoms with Crippen LogP contribution in [0.5, 0.6) is 5.75 Å². The van der Waals surface area contributed by atoms with Crippen LogP contribution in [0.3, 0.4) is 0 Å². The van der Waals surface area contributed by atoms with Crippen molar-refractivity contribution in [2.75, 3.05) is 37.5 Å². The summed E-state index contributed by atoms with van der Waals surface area (Å²) >= 11 is 0. The number of methoxy groups -OCH3 is 1. The fourth-order valence-corrected chi connectivity index (χ4v) is 3.90. The molecule has 6 N–H and O–H groups in total. The van der Waals surface area contributed by atoms with Crippen molar-refractivity contribution in [3.8, 4) is 5.75 Å². The van der Waals surface area contributed by atoms with Crippen LogP contribution in [-0.4, -0.2) is 60.5 Å². The molecule has 1 aromatic heterocycles. The van der Waals surface area contributed by atoms with Gasteiger partial charge >= 0.3 is 6.09 Å².